The number of aromatic nitrogens is 1. The lowest BCUT2D eigenvalue weighted by molar-refractivity contribution is 0.439. The number of aryl methyl sites for hydroxylation is 1. The van der Waals surface area contributed by atoms with Crippen molar-refractivity contribution in [1.29, 1.82) is 0 Å². The number of hydrogen-bond donors (Lipinski definition) is 1. The first-order chi connectivity index (χ1) is 15.6. The summed E-state index contributed by atoms with van der Waals surface area (Å²) in [5, 5.41) is 2.76. The van der Waals surface area contributed by atoms with E-state index in [0.717, 1.165) is 12.1 Å². The summed E-state index contributed by atoms with van der Waals surface area (Å²) in [6, 6.07) is 8.88. The van der Waals surface area contributed by atoms with Crippen LogP contribution >= 0.6 is 30.1 Å². The van der Waals surface area contributed by atoms with Gasteiger partial charge in [0.05, 0.1) is 11.3 Å². The highest BCUT2D eigenvalue weighted by molar-refractivity contribution is 14.2. The lowest BCUT2D eigenvalue weighted by atomic mass is 10.0. The van der Waals surface area contributed by atoms with E-state index < -0.39 is 21.7 Å². The zero-order valence-corrected chi connectivity index (χ0v) is 21.1. The zero-order valence-electron chi connectivity index (χ0n) is 17.4. The van der Waals surface area contributed by atoms with Gasteiger partial charge in [0, 0.05) is 57.3 Å². The smallest absolute Gasteiger partial charge is 0.266 e. The number of pyridine rings is 1. The fraction of sp³-hybridized carbons (Fsp3) is 0.136. The van der Waals surface area contributed by atoms with Gasteiger partial charge >= 0.3 is 0 Å². The van der Waals surface area contributed by atoms with E-state index in [2.05, 4.69) is 15.9 Å². The molecule has 0 bridgehead atoms. The Morgan fingerprint density at radius 2 is 1.88 bits per heavy atom. The van der Waals surface area contributed by atoms with Crippen molar-refractivity contribution in [2.24, 2.45) is 7.05 Å². The van der Waals surface area contributed by atoms with Crippen LogP contribution in [0, 0.1) is 22.8 Å². The number of sulfonamides is 1. The number of hydrogen-bond acceptors (Lipinski definition) is 5. The molecule has 0 saturated carbocycles. The van der Waals surface area contributed by atoms with E-state index in [0.29, 0.717) is 17.2 Å². The molecule has 0 fully saturated rings. The van der Waals surface area contributed by atoms with E-state index in [1.807, 2.05) is 21.2 Å². The molecule has 33 heavy (non-hydrogen) atoms. The van der Waals surface area contributed by atoms with Crippen LogP contribution in [0.25, 0.3) is 11.1 Å². The number of benzene rings is 2. The Bertz CT molecular complexity index is 1430. The lowest BCUT2D eigenvalue weighted by Crippen LogP contribution is -2.19. The predicted octanol–water partition coefficient (Wildman–Crippen LogP) is 5.28. The molecule has 0 aliphatic rings. The molecule has 0 atom stereocenters. The SMILES string of the molecule is CCS(=O)(=O)Nc1ccc(Oc2ccc(F)cc2F)c(-c2cc(C#CSI)c(=O)n(C)c2)c1. The second kappa shape index (κ2) is 10.6. The molecule has 6 nitrogen and oxygen atoms in total. The number of halogens is 3. The third-order valence-corrected chi connectivity index (χ3v) is 6.61. The van der Waals surface area contributed by atoms with Gasteiger partial charge in [-0.15, -0.1) is 0 Å². The Balaban J connectivity index is 2.19. The van der Waals surface area contributed by atoms with E-state index in [-0.39, 0.29) is 34.1 Å². The van der Waals surface area contributed by atoms with Gasteiger partial charge in [0.1, 0.15) is 11.6 Å². The van der Waals surface area contributed by atoms with E-state index in [1.54, 1.807) is 13.1 Å². The van der Waals surface area contributed by atoms with Crippen molar-refractivity contribution in [3.63, 3.8) is 0 Å². The average molecular weight is 602 g/mol. The Morgan fingerprint density at radius 3 is 2.55 bits per heavy atom. The molecule has 1 N–H and O–H groups in total. The number of nitrogens with one attached hydrogen (secondary N) is 1. The zero-order chi connectivity index (χ0) is 24.2. The van der Waals surface area contributed by atoms with Crippen LogP contribution in [0.2, 0.25) is 0 Å². The first-order valence-electron chi connectivity index (χ1n) is 9.40. The number of nitrogens with zero attached hydrogens (tertiary/aromatic N) is 1. The first kappa shape index (κ1) is 25.1. The molecular formula is C22H17F2IN2O4S2. The van der Waals surface area contributed by atoms with Crippen LogP contribution in [0.15, 0.2) is 53.5 Å². The van der Waals surface area contributed by atoms with Crippen LogP contribution in [0.5, 0.6) is 11.5 Å². The van der Waals surface area contributed by atoms with Crippen LogP contribution in [0.4, 0.5) is 14.5 Å². The summed E-state index contributed by atoms with van der Waals surface area (Å²) < 4.78 is 61.1. The van der Waals surface area contributed by atoms with E-state index in [4.69, 9.17) is 4.74 Å². The van der Waals surface area contributed by atoms with Gasteiger partial charge in [-0.05, 0) is 63.4 Å². The van der Waals surface area contributed by atoms with Gasteiger partial charge in [-0.25, -0.2) is 17.2 Å². The molecule has 3 aromatic rings. The maximum Gasteiger partial charge on any atom is 0.266 e. The maximum absolute atomic E-state index is 14.2. The molecule has 1 heterocycles. The number of anilines is 1. The highest BCUT2D eigenvalue weighted by Gasteiger charge is 2.16. The molecule has 2 aromatic carbocycles. The van der Waals surface area contributed by atoms with Gasteiger partial charge in [0.25, 0.3) is 5.56 Å². The summed E-state index contributed by atoms with van der Waals surface area (Å²) in [4.78, 5) is 12.4. The first-order valence-corrected chi connectivity index (χ1v) is 14.4. The van der Waals surface area contributed by atoms with Crippen molar-refractivity contribution >= 4 is 45.8 Å². The Hall–Kier alpha value is -2.56. The largest absolute Gasteiger partial charge is 0.454 e. The third-order valence-electron chi connectivity index (χ3n) is 4.47. The molecule has 0 unspecified atom stereocenters. The van der Waals surface area contributed by atoms with Gasteiger partial charge in [-0.2, -0.15) is 0 Å². The Kier molecular flexibility index (Phi) is 8.04. The van der Waals surface area contributed by atoms with Crippen molar-refractivity contribution in [3.8, 4) is 33.8 Å². The molecule has 11 heteroatoms. The molecular weight excluding hydrogens is 585 g/mol. The van der Waals surface area contributed by atoms with Crippen molar-refractivity contribution in [3.05, 3.63) is 76.2 Å². The molecule has 0 saturated heterocycles. The molecule has 1 aromatic heterocycles. The molecule has 0 aliphatic carbocycles. The van der Waals surface area contributed by atoms with Crippen molar-refractivity contribution in [2.75, 3.05) is 10.5 Å². The normalized spacial score (nSPS) is 10.9. The molecule has 0 radical (unpaired) electrons. The monoisotopic (exact) mass is 602 g/mol. The summed E-state index contributed by atoms with van der Waals surface area (Å²) >= 11 is 1.98. The highest BCUT2D eigenvalue weighted by Crippen LogP contribution is 2.36. The summed E-state index contributed by atoms with van der Waals surface area (Å²) in [5.41, 5.74) is 1.01. The molecule has 0 spiro atoms. The predicted molar refractivity (Wildman–Crippen MR) is 135 cm³/mol. The topological polar surface area (TPSA) is 77.4 Å². The third kappa shape index (κ3) is 6.27. The summed E-state index contributed by atoms with van der Waals surface area (Å²) in [6.07, 6.45) is 1.53. The fourth-order valence-electron chi connectivity index (χ4n) is 2.86. The van der Waals surface area contributed by atoms with Crippen LogP contribution in [-0.2, 0) is 17.1 Å². The summed E-state index contributed by atoms with van der Waals surface area (Å²) in [5.74, 6) is 0.947. The van der Waals surface area contributed by atoms with Crippen LogP contribution in [0.3, 0.4) is 0 Å². The second-order valence-corrected chi connectivity index (χ2v) is 10.4. The van der Waals surface area contributed by atoms with Gasteiger partial charge in [-0.1, -0.05) is 0 Å². The van der Waals surface area contributed by atoms with Gasteiger partial charge in [0.2, 0.25) is 10.0 Å². The van der Waals surface area contributed by atoms with Crippen molar-refractivity contribution < 1.29 is 21.9 Å². The minimum atomic E-state index is -3.56. The molecule has 0 amide bonds. The van der Waals surface area contributed by atoms with Crippen LogP contribution in [-0.4, -0.2) is 18.7 Å². The van der Waals surface area contributed by atoms with Gasteiger partial charge in [0.15, 0.2) is 11.6 Å². The average Bonchev–Trinajstić information content (AvgIpc) is 2.77. The van der Waals surface area contributed by atoms with Crippen LogP contribution in [0.1, 0.15) is 12.5 Å². The minimum absolute atomic E-state index is 0.130. The van der Waals surface area contributed by atoms with Gasteiger partial charge < -0.3 is 9.30 Å². The number of rotatable bonds is 6. The lowest BCUT2D eigenvalue weighted by Gasteiger charge is -2.15. The molecule has 3 rings (SSSR count). The minimum Gasteiger partial charge on any atom is -0.454 e. The van der Waals surface area contributed by atoms with Gasteiger partial charge in [-0.3, -0.25) is 9.52 Å². The van der Waals surface area contributed by atoms with E-state index in [1.165, 1.54) is 44.8 Å². The fourth-order valence-corrected chi connectivity index (χ4v) is 3.97. The van der Waals surface area contributed by atoms with Crippen molar-refractivity contribution in [2.45, 2.75) is 6.92 Å². The Morgan fingerprint density at radius 1 is 1.15 bits per heavy atom. The van der Waals surface area contributed by atoms with E-state index in [9.17, 15) is 22.0 Å². The Labute approximate surface area is 206 Å². The quantitative estimate of drug-likeness (QED) is 0.307. The molecule has 0 aliphatic heterocycles. The van der Waals surface area contributed by atoms with E-state index >= 15 is 0 Å². The summed E-state index contributed by atoms with van der Waals surface area (Å²) in [7, 11) is -0.791. The maximum atomic E-state index is 14.2. The second-order valence-electron chi connectivity index (χ2n) is 6.76. The van der Waals surface area contributed by atoms with Crippen LogP contribution < -0.4 is 15.0 Å². The summed E-state index contributed by atoms with van der Waals surface area (Å²) in [6.45, 7) is 1.50. The van der Waals surface area contributed by atoms with Crippen molar-refractivity contribution in [1.82, 2.24) is 4.57 Å². The highest BCUT2D eigenvalue weighted by atomic mass is 127. The standard InChI is InChI=1S/C22H17F2IN2O4S2/c1-3-33(29,30)26-17-5-7-20(31-21-6-4-16(23)11-19(21)24)18(12-17)15-10-14(8-9-32-25)22(28)27(2)13-15/h4-7,10-13,26H,3H2,1-2H3. The molecule has 172 valence electrons. The number of ether oxygens (including phenoxy) is 1.